The van der Waals surface area contributed by atoms with Crippen LogP contribution in [0.15, 0.2) is 35.1 Å². The van der Waals surface area contributed by atoms with Crippen LogP contribution in [0.25, 0.3) is 10.9 Å². The van der Waals surface area contributed by atoms with Gasteiger partial charge in [0.2, 0.25) is 0 Å². The molecular weight excluding hydrogens is 375 g/mol. The van der Waals surface area contributed by atoms with Crippen LogP contribution < -0.4 is 10.6 Å². The zero-order valence-electron chi connectivity index (χ0n) is 16.2. The van der Waals surface area contributed by atoms with Crippen LogP contribution in [0.2, 0.25) is 0 Å². The highest BCUT2D eigenvalue weighted by atomic mass is 19.1. The number of nitrogens with one attached hydrogen (secondary N) is 2. The van der Waals surface area contributed by atoms with E-state index < -0.39 is 5.82 Å². The van der Waals surface area contributed by atoms with E-state index in [1.165, 1.54) is 18.5 Å². The number of halogens is 1. The van der Waals surface area contributed by atoms with Gasteiger partial charge in [0.05, 0.1) is 11.1 Å². The van der Waals surface area contributed by atoms with Gasteiger partial charge in [-0.2, -0.15) is 0 Å². The van der Waals surface area contributed by atoms with Crippen LogP contribution in [0.1, 0.15) is 51.6 Å². The first-order valence-corrected chi connectivity index (χ1v) is 9.49. The molecule has 2 aromatic heterocycles. The second-order valence-corrected chi connectivity index (χ2v) is 7.38. The third-order valence-electron chi connectivity index (χ3n) is 5.21. The van der Waals surface area contributed by atoms with Crippen molar-refractivity contribution in [2.45, 2.75) is 45.2 Å². The fourth-order valence-electron chi connectivity index (χ4n) is 3.81. The molecule has 2 heterocycles. The minimum Gasteiger partial charge on any atom is -0.448 e. The number of aromatic nitrogens is 2. The van der Waals surface area contributed by atoms with Gasteiger partial charge < -0.3 is 15.1 Å². The fourth-order valence-corrected chi connectivity index (χ4v) is 3.81. The molecule has 8 heteroatoms. The Morgan fingerprint density at radius 2 is 1.83 bits per heavy atom. The molecule has 0 bridgehead atoms. The normalized spacial score (nSPS) is 18.7. The highest BCUT2D eigenvalue weighted by Crippen LogP contribution is 2.23. The lowest BCUT2D eigenvalue weighted by Gasteiger charge is -2.15. The standard InChI is InChI=1S/C21H21FN4O3/c1-11-7-17(16-6-3-13(22)8-18(16)24-11)20(27)25-14-4-5-15(9-14)26-21(28)19-12(2)29-10-23-19/h3,6-8,10,14-15H,4-5,9H2,1-2H3,(H,25,27)(H,26,28)/t14-,15+/m1/s1. The molecule has 2 N–H and O–H groups in total. The molecule has 2 atom stereocenters. The van der Waals surface area contributed by atoms with Gasteiger partial charge in [-0.3, -0.25) is 14.6 Å². The quantitative estimate of drug-likeness (QED) is 0.706. The zero-order chi connectivity index (χ0) is 20.5. The molecule has 7 nitrogen and oxygen atoms in total. The molecule has 1 aliphatic carbocycles. The number of nitrogens with zero attached hydrogens (tertiary/aromatic N) is 2. The van der Waals surface area contributed by atoms with E-state index >= 15 is 0 Å². The summed E-state index contributed by atoms with van der Waals surface area (Å²) in [6.07, 6.45) is 3.39. The lowest BCUT2D eigenvalue weighted by atomic mass is 10.1. The van der Waals surface area contributed by atoms with Crippen LogP contribution in [0.4, 0.5) is 4.39 Å². The number of oxazole rings is 1. The van der Waals surface area contributed by atoms with E-state index in [0.29, 0.717) is 34.3 Å². The van der Waals surface area contributed by atoms with Crippen LogP contribution in [-0.4, -0.2) is 33.9 Å². The first kappa shape index (κ1) is 19.0. The Bertz CT molecular complexity index is 1090. The Kier molecular flexibility index (Phi) is 5.00. The van der Waals surface area contributed by atoms with Gasteiger partial charge in [0.1, 0.15) is 11.6 Å². The number of carbonyl (C=O) groups is 2. The molecular formula is C21H21FN4O3. The predicted molar refractivity (Wildman–Crippen MR) is 104 cm³/mol. The molecule has 150 valence electrons. The van der Waals surface area contributed by atoms with Gasteiger partial charge in [-0.15, -0.1) is 0 Å². The summed E-state index contributed by atoms with van der Waals surface area (Å²) < 4.78 is 18.6. The zero-order valence-corrected chi connectivity index (χ0v) is 16.2. The Morgan fingerprint density at radius 3 is 2.52 bits per heavy atom. The number of fused-ring (bicyclic) bond motifs is 1. The Labute approximate surface area is 166 Å². The van der Waals surface area contributed by atoms with E-state index in [4.69, 9.17) is 4.42 Å². The van der Waals surface area contributed by atoms with Gasteiger partial charge in [0.25, 0.3) is 11.8 Å². The topological polar surface area (TPSA) is 97.1 Å². The van der Waals surface area contributed by atoms with Crippen molar-refractivity contribution in [3.63, 3.8) is 0 Å². The molecule has 0 radical (unpaired) electrons. The van der Waals surface area contributed by atoms with Gasteiger partial charge in [-0.05, 0) is 51.3 Å². The van der Waals surface area contributed by atoms with E-state index in [2.05, 4.69) is 20.6 Å². The third kappa shape index (κ3) is 3.96. The molecule has 1 saturated carbocycles. The summed E-state index contributed by atoms with van der Waals surface area (Å²) in [4.78, 5) is 33.4. The number of hydrogen-bond donors (Lipinski definition) is 2. The van der Waals surface area contributed by atoms with E-state index in [0.717, 1.165) is 12.8 Å². The van der Waals surface area contributed by atoms with Gasteiger partial charge in [0.15, 0.2) is 12.1 Å². The van der Waals surface area contributed by atoms with Crippen molar-refractivity contribution in [2.24, 2.45) is 0 Å². The van der Waals surface area contributed by atoms with E-state index in [1.807, 2.05) is 0 Å². The van der Waals surface area contributed by atoms with Crippen LogP contribution in [0.3, 0.4) is 0 Å². The van der Waals surface area contributed by atoms with E-state index in [-0.39, 0.29) is 29.6 Å². The molecule has 0 saturated heterocycles. The number of carbonyl (C=O) groups excluding carboxylic acids is 2. The number of amides is 2. The summed E-state index contributed by atoms with van der Waals surface area (Å²) in [7, 11) is 0. The maximum absolute atomic E-state index is 13.5. The van der Waals surface area contributed by atoms with Crippen LogP contribution in [0.5, 0.6) is 0 Å². The molecule has 1 fully saturated rings. The monoisotopic (exact) mass is 396 g/mol. The molecule has 0 unspecified atom stereocenters. The SMILES string of the molecule is Cc1cc(C(=O)N[C@@H]2CC[C@H](NC(=O)c3ncoc3C)C2)c2ccc(F)cc2n1. The van der Waals surface area contributed by atoms with Crippen LogP contribution >= 0.6 is 0 Å². The number of aryl methyl sites for hydroxylation is 2. The summed E-state index contributed by atoms with van der Waals surface area (Å²) >= 11 is 0. The summed E-state index contributed by atoms with van der Waals surface area (Å²) in [6, 6.07) is 5.82. The van der Waals surface area contributed by atoms with Crippen molar-refractivity contribution in [1.82, 2.24) is 20.6 Å². The van der Waals surface area contributed by atoms with Crippen molar-refractivity contribution in [2.75, 3.05) is 0 Å². The second-order valence-electron chi connectivity index (χ2n) is 7.38. The lowest BCUT2D eigenvalue weighted by molar-refractivity contribution is 0.0931. The number of hydrogen-bond acceptors (Lipinski definition) is 5. The maximum atomic E-state index is 13.5. The van der Waals surface area contributed by atoms with Crippen molar-refractivity contribution in [3.8, 4) is 0 Å². The summed E-state index contributed by atoms with van der Waals surface area (Å²) in [5.74, 6) is -0.414. The number of rotatable bonds is 4. The first-order chi connectivity index (χ1) is 13.9. The van der Waals surface area contributed by atoms with Gasteiger partial charge in [-0.1, -0.05) is 0 Å². The lowest BCUT2D eigenvalue weighted by Crippen LogP contribution is -2.37. The molecule has 0 spiro atoms. The first-order valence-electron chi connectivity index (χ1n) is 9.49. The number of pyridine rings is 1. The maximum Gasteiger partial charge on any atom is 0.273 e. The van der Waals surface area contributed by atoms with Crippen molar-refractivity contribution in [3.05, 3.63) is 59.2 Å². The second kappa shape index (κ2) is 7.62. The average Bonchev–Trinajstić information content (AvgIpc) is 3.29. The molecule has 1 aromatic carbocycles. The molecule has 1 aliphatic rings. The van der Waals surface area contributed by atoms with Crippen LogP contribution in [0, 0.1) is 19.7 Å². The van der Waals surface area contributed by atoms with E-state index in [9.17, 15) is 14.0 Å². The highest BCUT2D eigenvalue weighted by molar-refractivity contribution is 6.06. The minimum absolute atomic E-state index is 0.0473. The van der Waals surface area contributed by atoms with Crippen molar-refractivity contribution < 1.29 is 18.4 Å². The van der Waals surface area contributed by atoms with Gasteiger partial charge in [-0.25, -0.2) is 9.37 Å². The molecule has 3 aromatic rings. The summed E-state index contributed by atoms with van der Waals surface area (Å²) in [6.45, 7) is 3.46. The molecule has 29 heavy (non-hydrogen) atoms. The van der Waals surface area contributed by atoms with Crippen molar-refractivity contribution in [1.29, 1.82) is 0 Å². The smallest absolute Gasteiger partial charge is 0.273 e. The van der Waals surface area contributed by atoms with Gasteiger partial charge >= 0.3 is 0 Å². The molecule has 0 aliphatic heterocycles. The largest absolute Gasteiger partial charge is 0.448 e. The molecule has 4 rings (SSSR count). The van der Waals surface area contributed by atoms with Gasteiger partial charge in [0, 0.05) is 29.2 Å². The van der Waals surface area contributed by atoms with Crippen LogP contribution in [-0.2, 0) is 0 Å². The Morgan fingerprint density at radius 1 is 1.10 bits per heavy atom. The Balaban J connectivity index is 1.43. The fraction of sp³-hybridized carbons (Fsp3) is 0.333. The third-order valence-corrected chi connectivity index (χ3v) is 5.21. The average molecular weight is 396 g/mol. The predicted octanol–water partition coefficient (Wildman–Crippen LogP) is 3.06. The number of benzene rings is 1. The van der Waals surface area contributed by atoms with Crippen molar-refractivity contribution >= 4 is 22.7 Å². The Hall–Kier alpha value is -3.29. The molecule has 2 amide bonds. The minimum atomic E-state index is -0.390. The highest BCUT2D eigenvalue weighted by Gasteiger charge is 2.29. The van der Waals surface area contributed by atoms with E-state index in [1.54, 1.807) is 26.0 Å². The summed E-state index contributed by atoms with van der Waals surface area (Å²) in [5.41, 5.74) is 1.85. The summed E-state index contributed by atoms with van der Waals surface area (Å²) in [5, 5.41) is 6.59.